The second-order valence-corrected chi connectivity index (χ2v) is 5.40. The third kappa shape index (κ3) is 4.25. The van der Waals surface area contributed by atoms with Crippen molar-refractivity contribution in [1.29, 1.82) is 0 Å². The Labute approximate surface area is 150 Å². The van der Waals surface area contributed by atoms with E-state index in [-0.39, 0.29) is 17.3 Å². The Morgan fingerprint density at radius 1 is 1.32 bits per heavy atom. The van der Waals surface area contributed by atoms with Crippen molar-refractivity contribution in [3.63, 3.8) is 0 Å². The summed E-state index contributed by atoms with van der Waals surface area (Å²) in [5.74, 6) is 2.21. The molecule has 128 valence electrons. The van der Waals surface area contributed by atoms with Crippen molar-refractivity contribution in [2.24, 2.45) is 0 Å². The summed E-state index contributed by atoms with van der Waals surface area (Å²) >= 11 is 4.77. The maximum absolute atomic E-state index is 12.0. The van der Waals surface area contributed by atoms with E-state index in [1.165, 1.54) is 13.2 Å². The van der Waals surface area contributed by atoms with Gasteiger partial charge in [0.25, 0.3) is 11.8 Å². The second-order valence-electron chi connectivity index (χ2n) is 4.99. The molecule has 0 aromatic heterocycles. The van der Waals surface area contributed by atoms with Crippen LogP contribution in [0.25, 0.3) is 6.08 Å². The molecule has 2 N–H and O–H groups in total. The number of hydrogen-bond donors (Lipinski definition) is 2. The van der Waals surface area contributed by atoms with Crippen molar-refractivity contribution in [2.45, 2.75) is 6.42 Å². The zero-order valence-corrected chi connectivity index (χ0v) is 14.4. The smallest absolute Gasteiger partial charge is 0.263 e. The third-order valence-electron chi connectivity index (χ3n) is 3.29. The molecule has 0 saturated carbocycles. The topological polar surface area (TPSA) is 76.7 Å². The molecule has 0 atom stereocenters. The first kappa shape index (κ1) is 18.2. The van der Waals surface area contributed by atoms with Gasteiger partial charge in [0.2, 0.25) is 0 Å². The van der Waals surface area contributed by atoms with E-state index < -0.39 is 11.8 Å². The van der Waals surface area contributed by atoms with E-state index in [1.807, 2.05) is 0 Å². The maximum Gasteiger partial charge on any atom is 0.263 e. The van der Waals surface area contributed by atoms with E-state index >= 15 is 0 Å². The average molecular weight is 356 g/mol. The maximum atomic E-state index is 12.0. The summed E-state index contributed by atoms with van der Waals surface area (Å²) in [6.45, 7) is 3.80. The molecule has 0 radical (unpaired) electrons. The highest BCUT2D eigenvalue weighted by molar-refractivity contribution is 7.80. The molecular formula is C18H16N2O4S. The van der Waals surface area contributed by atoms with Crippen LogP contribution in [0.15, 0.2) is 30.4 Å². The van der Waals surface area contributed by atoms with E-state index in [0.717, 1.165) is 5.56 Å². The zero-order valence-electron chi connectivity index (χ0n) is 13.5. The molecule has 0 aliphatic carbocycles. The molecule has 1 heterocycles. The zero-order chi connectivity index (χ0) is 18.4. The molecule has 2 amide bonds. The van der Waals surface area contributed by atoms with Gasteiger partial charge in [-0.05, 0) is 42.4 Å². The number of amides is 2. The van der Waals surface area contributed by atoms with Crippen LogP contribution in [0.3, 0.4) is 0 Å². The van der Waals surface area contributed by atoms with Crippen LogP contribution in [-0.4, -0.2) is 30.6 Å². The summed E-state index contributed by atoms with van der Waals surface area (Å²) in [6.07, 6.45) is 8.89. The first-order valence-corrected chi connectivity index (χ1v) is 7.67. The van der Waals surface area contributed by atoms with Gasteiger partial charge in [-0.25, -0.2) is 0 Å². The minimum absolute atomic E-state index is 0.0184. The SMILES string of the molecule is C#CCOc1c(CC=C)cc(C=C2C(=O)NC(=S)NC2=O)cc1OC. The molecule has 1 aliphatic heterocycles. The van der Waals surface area contributed by atoms with Gasteiger partial charge in [-0.1, -0.05) is 12.0 Å². The number of carbonyl (C=O) groups excluding carboxylic acids is 2. The molecule has 25 heavy (non-hydrogen) atoms. The lowest BCUT2D eigenvalue weighted by atomic mass is 10.0. The number of benzene rings is 1. The predicted molar refractivity (Wildman–Crippen MR) is 98.1 cm³/mol. The number of terminal acetylenes is 1. The summed E-state index contributed by atoms with van der Waals surface area (Å²) in [4.78, 5) is 23.9. The van der Waals surface area contributed by atoms with Crippen LogP contribution in [0.4, 0.5) is 0 Å². The van der Waals surface area contributed by atoms with Crippen LogP contribution in [0.5, 0.6) is 11.5 Å². The molecule has 6 nitrogen and oxygen atoms in total. The first-order chi connectivity index (χ1) is 12.0. The Bertz CT molecular complexity index is 799. The van der Waals surface area contributed by atoms with Crippen molar-refractivity contribution in [1.82, 2.24) is 10.6 Å². The van der Waals surface area contributed by atoms with Crippen LogP contribution < -0.4 is 20.1 Å². The Hall–Kier alpha value is -3.11. The van der Waals surface area contributed by atoms with Crippen molar-refractivity contribution in [3.8, 4) is 23.8 Å². The van der Waals surface area contributed by atoms with Gasteiger partial charge in [-0.3, -0.25) is 20.2 Å². The molecule has 1 aromatic rings. The molecule has 1 fully saturated rings. The summed E-state index contributed by atoms with van der Waals surface area (Å²) in [7, 11) is 1.49. The van der Waals surface area contributed by atoms with E-state index in [9.17, 15) is 9.59 Å². The van der Waals surface area contributed by atoms with Crippen LogP contribution in [0, 0.1) is 12.3 Å². The van der Waals surface area contributed by atoms with Crippen LogP contribution in [0.1, 0.15) is 11.1 Å². The third-order valence-corrected chi connectivity index (χ3v) is 3.50. The number of rotatable bonds is 6. The summed E-state index contributed by atoms with van der Waals surface area (Å²) in [5, 5.41) is 4.75. The molecule has 1 aromatic carbocycles. The van der Waals surface area contributed by atoms with Crippen LogP contribution in [-0.2, 0) is 16.0 Å². The number of hydrogen-bond acceptors (Lipinski definition) is 5. The lowest BCUT2D eigenvalue weighted by Gasteiger charge is -2.17. The highest BCUT2D eigenvalue weighted by atomic mass is 32.1. The Morgan fingerprint density at radius 2 is 2.00 bits per heavy atom. The molecule has 0 bridgehead atoms. The van der Waals surface area contributed by atoms with Gasteiger partial charge in [-0.15, -0.1) is 13.0 Å². The van der Waals surface area contributed by atoms with E-state index in [4.69, 9.17) is 28.1 Å². The second kappa shape index (κ2) is 8.13. The van der Waals surface area contributed by atoms with Crippen molar-refractivity contribution < 1.29 is 19.1 Å². The van der Waals surface area contributed by atoms with Crippen LogP contribution in [0.2, 0.25) is 0 Å². The molecule has 0 unspecified atom stereocenters. The van der Waals surface area contributed by atoms with Gasteiger partial charge in [0.05, 0.1) is 7.11 Å². The number of nitrogens with one attached hydrogen (secondary N) is 2. The fourth-order valence-corrected chi connectivity index (χ4v) is 2.46. The van der Waals surface area contributed by atoms with Gasteiger partial charge in [-0.2, -0.15) is 0 Å². The summed E-state index contributed by atoms with van der Waals surface area (Å²) in [6, 6.07) is 3.43. The fraction of sp³-hybridized carbons (Fsp3) is 0.167. The molecule has 7 heteroatoms. The Morgan fingerprint density at radius 3 is 2.56 bits per heavy atom. The molecule has 1 aliphatic rings. The van der Waals surface area contributed by atoms with Gasteiger partial charge in [0.1, 0.15) is 12.2 Å². The van der Waals surface area contributed by atoms with Crippen LogP contribution >= 0.6 is 12.2 Å². The molecule has 0 spiro atoms. The number of ether oxygens (including phenoxy) is 2. The lowest BCUT2D eigenvalue weighted by Crippen LogP contribution is -2.51. The summed E-state index contributed by atoms with van der Waals surface area (Å²) < 4.78 is 10.9. The van der Waals surface area contributed by atoms with Gasteiger partial charge < -0.3 is 9.47 Å². The largest absolute Gasteiger partial charge is 0.493 e. The average Bonchev–Trinajstić information content (AvgIpc) is 2.57. The number of allylic oxidation sites excluding steroid dienone is 1. The lowest BCUT2D eigenvalue weighted by molar-refractivity contribution is -0.123. The van der Waals surface area contributed by atoms with Gasteiger partial charge in [0.15, 0.2) is 16.6 Å². The van der Waals surface area contributed by atoms with Crippen molar-refractivity contribution in [2.75, 3.05) is 13.7 Å². The fourth-order valence-electron chi connectivity index (χ4n) is 2.28. The number of methoxy groups -OCH3 is 1. The van der Waals surface area contributed by atoms with E-state index in [0.29, 0.717) is 23.5 Å². The molecular weight excluding hydrogens is 340 g/mol. The molecule has 1 saturated heterocycles. The van der Waals surface area contributed by atoms with Crippen molar-refractivity contribution >= 4 is 35.2 Å². The first-order valence-electron chi connectivity index (χ1n) is 7.26. The van der Waals surface area contributed by atoms with E-state index in [2.05, 4.69) is 23.1 Å². The Balaban J connectivity index is 2.49. The van der Waals surface area contributed by atoms with Gasteiger partial charge in [0, 0.05) is 5.56 Å². The quantitative estimate of drug-likeness (QED) is 0.265. The monoisotopic (exact) mass is 356 g/mol. The highest BCUT2D eigenvalue weighted by Crippen LogP contribution is 2.34. The predicted octanol–water partition coefficient (Wildman–Crippen LogP) is 1.35. The highest BCUT2D eigenvalue weighted by Gasteiger charge is 2.26. The minimum Gasteiger partial charge on any atom is -0.493 e. The normalized spacial score (nSPS) is 13.4. The standard InChI is InChI=1S/C18H16N2O4S/c1-4-6-12-8-11(10-14(23-3)15(12)24-7-5-2)9-13-16(21)19-18(25)20-17(13)22/h2,4,8-10H,1,6-7H2,3H3,(H2,19,20,21,22,25). The van der Waals surface area contributed by atoms with Gasteiger partial charge >= 0.3 is 0 Å². The Kier molecular flexibility index (Phi) is 5.93. The molecule has 2 rings (SSSR count). The number of thiocarbonyl (C=S) groups is 1. The summed E-state index contributed by atoms with van der Waals surface area (Å²) in [5.41, 5.74) is 1.30. The van der Waals surface area contributed by atoms with Crippen molar-refractivity contribution in [3.05, 3.63) is 41.5 Å². The number of carbonyl (C=O) groups is 2. The van der Waals surface area contributed by atoms with E-state index in [1.54, 1.807) is 18.2 Å². The minimum atomic E-state index is -0.564.